The van der Waals surface area contributed by atoms with Gasteiger partial charge in [0.2, 0.25) is 0 Å². The van der Waals surface area contributed by atoms with Crippen LogP contribution in [0.15, 0.2) is 0 Å². The summed E-state index contributed by atoms with van der Waals surface area (Å²) in [6.45, 7) is 6.10. The molecule has 1 rings (SSSR count). The highest BCUT2D eigenvalue weighted by Crippen LogP contribution is 2.30. The number of hydrogen-bond donors (Lipinski definition) is 2. The van der Waals surface area contributed by atoms with Crippen molar-refractivity contribution in [3.8, 4) is 0 Å². The van der Waals surface area contributed by atoms with E-state index in [1.807, 2.05) is 0 Å². The first-order chi connectivity index (χ1) is 6.25. The van der Waals surface area contributed by atoms with Crippen molar-refractivity contribution in [2.24, 2.45) is 11.8 Å². The molecular weight excluding hydrogens is 162 g/mol. The predicted molar refractivity (Wildman–Crippen MR) is 55.7 cm³/mol. The molecule has 13 heavy (non-hydrogen) atoms. The zero-order valence-corrected chi connectivity index (χ0v) is 8.92. The van der Waals surface area contributed by atoms with Gasteiger partial charge in [-0.3, -0.25) is 0 Å². The standard InChI is InChI=1S/C11H23NO/c1-9-5-6-11(10(9)2)12-7-3-4-8-13/h9-13H,3-8H2,1-2H3. The van der Waals surface area contributed by atoms with Gasteiger partial charge in [-0.25, -0.2) is 0 Å². The Kier molecular flexibility index (Phi) is 4.74. The molecule has 0 amide bonds. The SMILES string of the molecule is CC1CCC(NCCCCO)C1C. The maximum absolute atomic E-state index is 8.62. The van der Waals surface area contributed by atoms with Gasteiger partial charge in [0, 0.05) is 12.6 Å². The van der Waals surface area contributed by atoms with E-state index in [2.05, 4.69) is 19.2 Å². The second kappa shape index (κ2) is 5.61. The van der Waals surface area contributed by atoms with Gasteiger partial charge in [-0.1, -0.05) is 13.8 Å². The van der Waals surface area contributed by atoms with Crippen LogP contribution in [0, 0.1) is 11.8 Å². The molecule has 1 aliphatic rings. The van der Waals surface area contributed by atoms with Crippen molar-refractivity contribution in [3.63, 3.8) is 0 Å². The highest BCUT2D eigenvalue weighted by molar-refractivity contribution is 4.84. The molecule has 2 N–H and O–H groups in total. The summed E-state index contributed by atoms with van der Waals surface area (Å²) in [6, 6.07) is 0.730. The van der Waals surface area contributed by atoms with E-state index < -0.39 is 0 Å². The van der Waals surface area contributed by atoms with Gasteiger partial charge in [0.25, 0.3) is 0 Å². The van der Waals surface area contributed by atoms with E-state index in [-0.39, 0.29) is 0 Å². The van der Waals surface area contributed by atoms with Crippen LogP contribution in [0.1, 0.15) is 39.5 Å². The molecule has 0 spiro atoms. The summed E-state index contributed by atoms with van der Waals surface area (Å²) in [6.07, 6.45) is 4.75. The van der Waals surface area contributed by atoms with Gasteiger partial charge in [0.15, 0.2) is 0 Å². The summed E-state index contributed by atoms with van der Waals surface area (Å²) in [4.78, 5) is 0. The van der Waals surface area contributed by atoms with Crippen LogP contribution in [0.25, 0.3) is 0 Å². The lowest BCUT2D eigenvalue weighted by atomic mass is 9.98. The molecule has 0 aromatic heterocycles. The summed E-state index contributed by atoms with van der Waals surface area (Å²) in [7, 11) is 0. The molecule has 0 saturated heterocycles. The third-order valence-corrected chi connectivity index (χ3v) is 3.46. The van der Waals surface area contributed by atoms with Crippen molar-refractivity contribution in [2.45, 2.75) is 45.6 Å². The van der Waals surface area contributed by atoms with Crippen molar-refractivity contribution in [1.82, 2.24) is 5.32 Å². The molecule has 0 radical (unpaired) electrons. The Bertz CT molecular complexity index is 138. The lowest BCUT2D eigenvalue weighted by Gasteiger charge is -2.19. The van der Waals surface area contributed by atoms with Gasteiger partial charge < -0.3 is 10.4 Å². The predicted octanol–water partition coefficient (Wildman–Crippen LogP) is 1.78. The van der Waals surface area contributed by atoms with Crippen molar-refractivity contribution in [2.75, 3.05) is 13.2 Å². The molecule has 2 heteroatoms. The third-order valence-electron chi connectivity index (χ3n) is 3.46. The molecule has 3 atom stereocenters. The Hall–Kier alpha value is -0.0800. The largest absolute Gasteiger partial charge is 0.396 e. The summed E-state index contributed by atoms with van der Waals surface area (Å²) in [5.41, 5.74) is 0. The van der Waals surface area contributed by atoms with Crippen LogP contribution < -0.4 is 5.32 Å². The van der Waals surface area contributed by atoms with Gasteiger partial charge in [0.05, 0.1) is 0 Å². The molecule has 1 saturated carbocycles. The van der Waals surface area contributed by atoms with E-state index in [1.165, 1.54) is 12.8 Å². The number of rotatable bonds is 5. The van der Waals surface area contributed by atoms with Gasteiger partial charge >= 0.3 is 0 Å². The fraction of sp³-hybridized carbons (Fsp3) is 1.00. The number of unbranched alkanes of at least 4 members (excludes halogenated alkanes) is 1. The molecule has 0 aliphatic heterocycles. The molecule has 0 bridgehead atoms. The minimum absolute atomic E-state index is 0.332. The van der Waals surface area contributed by atoms with Crippen molar-refractivity contribution in [3.05, 3.63) is 0 Å². The zero-order chi connectivity index (χ0) is 9.68. The molecular formula is C11H23NO. The normalized spacial score (nSPS) is 33.9. The highest BCUT2D eigenvalue weighted by Gasteiger charge is 2.28. The molecule has 1 fully saturated rings. The van der Waals surface area contributed by atoms with Crippen molar-refractivity contribution < 1.29 is 5.11 Å². The maximum atomic E-state index is 8.62. The Labute approximate surface area is 81.7 Å². The van der Waals surface area contributed by atoms with E-state index in [1.54, 1.807) is 0 Å². The number of hydrogen-bond acceptors (Lipinski definition) is 2. The van der Waals surface area contributed by atoms with E-state index in [9.17, 15) is 0 Å². The molecule has 0 aromatic carbocycles. The van der Waals surface area contributed by atoms with E-state index in [0.717, 1.165) is 37.3 Å². The Morgan fingerprint density at radius 3 is 2.54 bits per heavy atom. The van der Waals surface area contributed by atoms with Gasteiger partial charge in [-0.05, 0) is 44.1 Å². The first-order valence-corrected chi connectivity index (χ1v) is 5.60. The first kappa shape index (κ1) is 11.0. The average Bonchev–Trinajstić information content (AvgIpc) is 2.43. The van der Waals surface area contributed by atoms with Crippen LogP contribution in [0.4, 0.5) is 0 Å². The van der Waals surface area contributed by atoms with Gasteiger partial charge in [0.1, 0.15) is 0 Å². The summed E-state index contributed by atoms with van der Waals surface area (Å²) in [5, 5.41) is 12.2. The monoisotopic (exact) mass is 185 g/mol. The summed E-state index contributed by atoms with van der Waals surface area (Å²) >= 11 is 0. The van der Waals surface area contributed by atoms with Gasteiger partial charge in [-0.15, -0.1) is 0 Å². The minimum Gasteiger partial charge on any atom is -0.396 e. The zero-order valence-electron chi connectivity index (χ0n) is 8.92. The Morgan fingerprint density at radius 2 is 2.00 bits per heavy atom. The highest BCUT2D eigenvalue weighted by atomic mass is 16.2. The molecule has 2 nitrogen and oxygen atoms in total. The van der Waals surface area contributed by atoms with E-state index in [0.29, 0.717) is 6.61 Å². The second-order valence-electron chi connectivity index (χ2n) is 4.41. The molecule has 0 heterocycles. The molecule has 0 aromatic rings. The third kappa shape index (κ3) is 3.28. The molecule has 1 aliphatic carbocycles. The van der Waals surface area contributed by atoms with Crippen LogP contribution in [-0.4, -0.2) is 24.3 Å². The van der Waals surface area contributed by atoms with Crippen LogP contribution in [0.2, 0.25) is 0 Å². The minimum atomic E-state index is 0.332. The summed E-state index contributed by atoms with van der Waals surface area (Å²) in [5.74, 6) is 1.71. The Morgan fingerprint density at radius 1 is 1.23 bits per heavy atom. The smallest absolute Gasteiger partial charge is 0.0431 e. The molecule has 3 unspecified atom stereocenters. The lowest BCUT2D eigenvalue weighted by molar-refractivity contribution is 0.280. The van der Waals surface area contributed by atoms with E-state index >= 15 is 0 Å². The second-order valence-corrected chi connectivity index (χ2v) is 4.41. The van der Waals surface area contributed by atoms with Gasteiger partial charge in [-0.2, -0.15) is 0 Å². The van der Waals surface area contributed by atoms with Crippen LogP contribution >= 0.6 is 0 Å². The van der Waals surface area contributed by atoms with Crippen molar-refractivity contribution >= 4 is 0 Å². The average molecular weight is 185 g/mol. The quantitative estimate of drug-likeness (QED) is 0.640. The lowest BCUT2D eigenvalue weighted by Crippen LogP contribution is -2.33. The van der Waals surface area contributed by atoms with Crippen LogP contribution in [0.5, 0.6) is 0 Å². The maximum Gasteiger partial charge on any atom is 0.0431 e. The van der Waals surface area contributed by atoms with Crippen LogP contribution in [0.3, 0.4) is 0 Å². The summed E-state index contributed by atoms with van der Waals surface area (Å²) < 4.78 is 0. The fourth-order valence-electron chi connectivity index (χ4n) is 2.18. The number of nitrogens with one attached hydrogen (secondary N) is 1. The topological polar surface area (TPSA) is 32.3 Å². The number of aliphatic hydroxyl groups is 1. The molecule has 78 valence electrons. The fourth-order valence-corrected chi connectivity index (χ4v) is 2.18. The Balaban J connectivity index is 2.08. The first-order valence-electron chi connectivity index (χ1n) is 5.60. The van der Waals surface area contributed by atoms with E-state index in [4.69, 9.17) is 5.11 Å². The van der Waals surface area contributed by atoms with Crippen molar-refractivity contribution in [1.29, 1.82) is 0 Å². The number of aliphatic hydroxyl groups excluding tert-OH is 1. The van der Waals surface area contributed by atoms with Crippen LogP contribution in [-0.2, 0) is 0 Å².